The van der Waals surface area contributed by atoms with E-state index < -0.39 is 0 Å². The van der Waals surface area contributed by atoms with Crippen LogP contribution < -0.4 is 9.47 Å². The van der Waals surface area contributed by atoms with Crippen molar-refractivity contribution in [2.75, 3.05) is 20.2 Å². The Morgan fingerprint density at radius 3 is 2.86 bits per heavy atom. The molecule has 7 nitrogen and oxygen atoms in total. The SMILES string of the molecule is COc1ccnc(OCc2ccc3c(c2)nc2n3CCN(C3=CC=C3)CC2)n1. The predicted molar refractivity (Wildman–Crippen MR) is 105 cm³/mol. The van der Waals surface area contributed by atoms with E-state index in [1.165, 1.54) is 11.2 Å². The van der Waals surface area contributed by atoms with Crippen molar-refractivity contribution < 1.29 is 9.47 Å². The van der Waals surface area contributed by atoms with Gasteiger partial charge in [0.25, 0.3) is 0 Å². The van der Waals surface area contributed by atoms with Gasteiger partial charge in [0.05, 0.1) is 18.1 Å². The first-order chi connectivity index (χ1) is 13.8. The summed E-state index contributed by atoms with van der Waals surface area (Å²) in [5.74, 6) is 1.64. The third kappa shape index (κ3) is 3.09. The number of hydrogen-bond donors (Lipinski definition) is 0. The van der Waals surface area contributed by atoms with Crippen molar-refractivity contribution in [2.24, 2.45) is 0 Å². The van der Waals surface area contributed by atoms with Gasteiger partial charge in [-0.1, -0.05) is 12.1 Å². The van der Waals surface area contributed by atoms with E-state index in [-0.39, 0.29) is 0 Å². The van der Waals surface area contributed by atoms with E-state index in [1.807, 2.05) is 0 Å². The molecular weight excluding hydrogens is 354 g/mol. The predicted octanol–water partition coefficient (Wildman–Crippen LogP) is 2.73. The van der Waals surface area contributed by atoms with Gasteiger partial charge in [-0.2, -0.15) is 4.98 Å². The van der Waals surface area contributed by atoms with Crippen LogP contribution in [0.4, 0.5) is 0 Å². The lowest BCUT2D eigenvalue weighted by Gasteiger charge is -2.25. The molecule has 0 atom stereocenters. The van der Waals surface area contributed by atoms with E-state index in [9.17, 15) is 0 Å². The maximum absolute atomic E-state index is 5.71. The molecule has 1 aliphatic heterocycles. The summed E-state index contributed by atoms with van der Waals surface area (Å²) in [5, 5.41) is 0. The maximum Gasteiger partial charge on any atom is 0.320 e. The van der Waals surface area contributed by atoms with Crippen LogP contribution in [0.1, 0.15) is 11.4 Å². The molecule has 7 heteroatoms. The third-order valence-electron chi connectivity index (χ3n) is 5.17. The molecule has 2 aliphatic rings. The van der Waals surface area contributed by atoms with Crippen molar-refractivity contribution in [2.45, 2.75) is 19.6 Å². The number of rotatable bonds is 5. The van der Waals surface area contributed by atoms with Crippen LogP contribution in [0.25, 0.3) is 11.0 Å². The summed E-state index contributed by atoms with van der Waals surface area (Å²) in [6, 6.07) is 8.30. The molecular formula is C21H21N5O2. The topological polar surface area (TPSA) is 65.3 Å². The van der Waals surface area contributed by atoms with Crippen LogP contribution in [0.2, 0.25) is 0 Å². The van der Waals surface area contributed by atoms with Gasteiger partial charge in [0.15, 0.2) is 0 Å². The monoisotopic (exact) mass is 375 g/mol. The van der Waals surface area contributed by atoms with Crippen LogP contribution in [0, 0.1) is 0 Å². The van der Waals surface area contributed by atoms with E-state index in [0.29, 0.717) is 18.5 Å². The second-order valence-corrected chi connectivity index (χ2v) is 6.86. The number of benzene rings is 1. The van der Waals surface area contributed by atoms with Crippen molar-refractivity contribution >= 4 is 11.0 Å². The second kappa shape index (κ2) is 6.99. The molecule has 0 radical (unpaired) electrons. The Morgan fingerprint density at radius 1 is 1.11 bits per heavy atom. The third-order valence-corrected chi connectivity index (χ3v) is 5.17. The maximum atomic E-state index is 5.71. The van der Waals surface area contributed by atoms with Crippen LogP contribution in [-0.2, 0) is 19.6 Å². The van der Waals surface area contributed by atoms with Crippen molar-refractivity contribution in [3.8, 4) is 11.9 Å². The average molecular weight is 375 g/mol. The smallest absolute Gasteiger partial charge is 0.320 e. The molecule has 2 aromatic heterocycles. The fourth-order valence-electron chi connectivity index (χ4n) is 3.63. The molecule has 0 saturated carbocycles. The van der Waals surface area contributed by atoms with Crippen LogP contribution in [0.3, 0.4) is 0 Å². The Kier molecular flexibility index (Phi) is 4.20. The van der Waals surface area contributed by atoms with Crippen LogP contribution >= 0.6 is 0 Å². The zero-order chi connectivity index (χ0) is 18.9. The number of methoxy groups -OCH3 is 1. The van der Waals surface area contributed by atoms with Gasteiger partial charge in [-0.05, 0) is 29.8 Å². The summed E-state index contributed by atoms with van der Waals surface area (Å²) >= 11 is 0. The second-order valence-electron chi connectivity index (χ2n) is 6.86. The molecule has 142 valence electrons. The molecule has 0 spiro atoms. The molecule has 1 aliphatic carbocycles. The van der Waals surface area contributed by atoms with Gasteiger partial charge in [0, 0.05) is 44.0 Å². The zero-order valence-electron chi connectivity index (χ0n) is 15.7. The molecule has 0 fully saturated rings. The largest absolute Gasteiger partial charge is 0.481 e. The van der Waals surface area contributed by atoms with Crippen molar-refractivity contribution in [1.29, 1.82) is 0 Å². The minimum atomic E-state index is 0.305. The van der Waals surface area contributed by atoms with Crippen LogP contribution in [-0.4, -0.2) is 44.6 Å². The van der Waals surface area contributed by atoms with Gasteiger partial charge >= 0.3 is 6.01 Å². The fourth-order valence-corrected chi connectivity index (χ4v) is 3.63. The van der Waals surface area contributed by atoms with Gasteiger partial charge in [-0.3, -0.25) is 0 Å². The lowest BCUT2D eigenvalue weighted by Crippen LogP contribution is -2.26. The van der Waals surface area contributed by atoms with Gasteiger partial charge in [0.2, 0.25) is 5.88 Å². The summed E-state index contributed by atoms with van der Waals surface area (Å²) in [6.07, 6.45) is 9.00. The highest BCUT2D eigenvalue weighted by atomic mass is 16.5. The molecule has 3 aromatic rings. The fraction of sp³-hybridized carbons (Fsp3) is 0.286. The molecule has 1 aromatic carbocycles. The quantitative estimate of drug-likeness (QED) is 0.683. The van der Waals surface area contributed by atoms with Gasteiger partial charge in [-0.15, -0.1) is 0 Å². The number of hydrogen-bond acceptors (Lipinski definition) is 6. The summed E-state index contributed by atoms with van der Waals surface area (Å²) in [5.41, 5.74) is 4.56. The van der Waals surface area contributed by atoms with Gasteiger partial charge < -0.3 is 18.9 Å². The number of fused-ring (bicyclic) bond motifs is 3. The molecule has 28 heavy (non-hydrogen) atoms. The normalized spacial score (nSPS) is 15.6. The highest BCUT2D eigenvalue weighted by Crippen LogP contribution is 2.23. The minimum Gasteiger partial charge on any atom is -0.481 e. The van der Waals surface area contributed by atoms with Crippen LogP contribution in [0.5, 0.6) is 11.9 Å². The van der Waals surface area contributed by atoms with E-state index >= 15 is 0 Å². The average Bonchev–Trinajstić information content (AvgIpc) is 2.91. The first-order valence-electron chi connectivity index (χ1n) is 9.41. The highest BCUT2D eigenvalue weighted by molar-refractivity contribution is 5.77. The van der Waals surface area contributed by atoms with Crippen LogP contribution in [0.15, 0.2) is 54.4 Å². The number of nitrogens with zero attached hydrogens (tertiary/aromatic N) is 5. The Morgan fingerprint density at radius 2 is 2.04 bits per heavy atom. The highest BCUT2D eigenvalue weighted by Gasteiger charge is 2.19. The number of aromatic nitrogens is 4. The molecule has 0 unspecified atom stereocenters. The van der Waals surface area contributed by atoms with Crippen molar-refractivity contribution in [1.82, 2.24) is 24.4 Å². The molecule has 0 N–H and O–H groups in total. The van der Waals surface area contributed by atoms with E-state index in [1.54, 1.807) is 19.4 Å². The number of ether oxygens (including phenoxy) is 2. The Hall–Kier alpha value is -3.35. The summed E-state index contributed by atoms with van der Waals surface area (Å²) in [6.45, 7) is 3.35. The standard InChI is InChI=1S/C21H21N5O2/c1-27-20-7-9-22-21(24-20)28-14-15-5-6-18-17(13-15)23-19-8-10-25(11-12-26(18)19)16-3-2-4-16/h2-7,9,13H,8,10-12,14H2,1H3. The lowest BCUT2D eigenvalue weighted by atomic mass is 10.2. The van der Waals surface area contributed by atoms with E-state index in [0.717, 1.165) is 43.0 Å². The molecule has 0 amide bonds. The van der Waals surface area contributed by atoms with Crippen molar-refractivity contribution in [3.63, 3.8) is 0 Å². The first kappa shape index (κ1) is 16.8. The Bertz CT molecular complexity index is 1090. The van der Waals surface area contributed by atoms with E-state index in [2.05, 4.69) is 55.9 Å². The molecule has 0 bridgehead atoms. The zero-order valence-corrected chi connectivity index (χ0v) is 15.7. The lowest BCUT2D eigenvalue weighted by molar-refractivity contribution is 0.274. The minimum absolute atomic E-state index is 0.305. The number of allylic oxidation sites excluding steroid dienone is 3. The summed E-state index contributed by atoms with van der Waals surface area (Å²) in [7, 11) is 1.57. The number of imidazole rings is 1. The first-order valence-corrected chi connectivity index (χ1v) is 9.41. The summed E-state index contributed by atoms with van der Waals surface area (Å²) < 4.78 is 13.1. The van der Waals surface area contributed by atoms with Gasteiger partial charge in [-0.25, -0.2) is 9.97 Å². The molecule has 5 rings (SSSR count). The van der Waals surface area contributed by atoms with Gasteiger partial charge in [0.1, 0.15) is 12.4 Å². The summed E-state index contributed by atoms with van der Waals surface area (Å²) in [4.78, 5) is 15.6. The van der Waals surface area contributed by atoms with E-state index in [4.69, 9.17) is 14.5 Å². The Labute approximate surface area is 162 Å². The Balaban J connectivity index is 1.32. The molecule has 0 saturated heterocycles. The molecule has 3 heterocycles. The van der Waals surface area contributed by atoms with Crippen molar-refractivity contribution in [3.05, 3.63) is 65.8 Å².